The molecule has 6 heteroatoms. The lowest BCUT2D eigenvalue weighted by molar-refractivity contribution is 0.256. The van der Waals surface area contributed by atoms with Gasteiger partial charge in [-0.25, -0.2) is 4.98 Å². The second-order valence-electron chi connectivity index (χ2n) is 7.08. The van der Waals surface area contributed by atoms with Gasteiger partial charge in [0.2, 0.25) is 0 Å². The van der Waals surface area contributed by atoms with Gasteiger partial charge in [0.1, 0.15) is 5.75 Å². The molecule has 6 nitrogen and oxygen atoms in total. The molecule has 1 aliphatic rings. The molecule has 0 atom stereocenters. The van der Waals surface area contributed by atoms with Crippen LogP contribution in [-0.2, 0) is 5.41 Å². The molecule has 1 heterocycles. The number of nitrogens with zero attached hydrogens (tertiary/aromatic N) is 3. The number of aromatic hydroxyl groups is 1. The Bertz CT molecular complexity index is 1010. The zero-order valence-corrected chi connectivity index (χ0v) is 15.3. The molecule has 4 N–H and O–H groups in total. The second kappa shape index (κ2) is 6.46. The standard InChI is InChI=1S/C21H23N5O/c1-14(21(10-3-11-21)16-5-7-17(27)8-6-16)26(2)20(25-22)15-4-9-18-19(12-15)24-13-23-18/h4-9,12-13,27H,1,3,10-11,22H2,2H3,(H,23,24)/b25-20-. The summed E-state index contributed by atoms with van der Waals surface area (Å²) in [6, 6.07) is 13.3. The van der Waals surface area contributed by atoms with Gasteiger partial charge in [0.05, 0.1) is 17.4 Å². The number of imidazole rings is 1. The molecule has 0 spiro atoms. The summed E-state index contributed by atoms with van der Waals surface area (Å²) in [5.41, 5.74) is 4.69. The number of hydrogen-bond donors (Lipinski definition) is 3. The quantitative estimate of drug-likeness (QED) is 0.287. The normalized spacial score (nSPS) is 16.1. The molecule has 138 valence electrons. The molecular formula is C21H23N5O. The van der Waals surface area contributed by atoms with Crippen molar-refractivity contribution in [2.45, 2.75) is 24.7 Å². The maximum Gasteiger partial charge on any atom is 0.159 e. The fraction of sp³-hybridized carbons (Fsp3) is 0.238. The summed E-state index contributed by atoms with van der Waals surface area (Å²) in [6.07, 6.45) is 4.84. The molecule has 2 aromatic carbocycles. The molecule has 0 saturated heterocycles. The van der Waals surface area contributed by atoms with Crippen molar-refractivity contribution in [3.05, 3.63) is 72.2 Å². The van der Waals surface area contributed by atoms with E-state index in [4.69, 9.17) is 5.84 Å². The number of nitrogens with two attached hydrogens (primary N) is 1. The first-order chi connectivity index (χ1) is 13.0. The van der Waals surface area contributed by atoms with Crippen LogP contribution in [0.1, 0.15) is 30.4 Å². The maximum atomic E-state index is 9.63. The van der Waals surface area contributed by atoms with E-state index in [0.29, 0.717) is 5.84 Å². The Morgan fingerprint density at radius 3 is 2.63 bits per heavy atom. The third-order valence-corrected chi connectivity index (χ3v) is 5.70. The van der Waals surface area contributed by atoms with Gasteiger partial charge in [-0.05, 0) is 48.7 Å². The summed E-state index contributed by atoms with van der Waals surface area (Å²) in [5, 5.41) is 13.7. The topological polar surface area (TPSA) is 90.5 Å². The van der Waals surface area contributed by atoms with Crippen LogP contribution < -0.4 is 5.84 Å². The largest absolute Gasteiger partial charge is 0.508 e. The van der Waals surface area contributed by atoms with E-state index in [1.54, 1.807) is 18.5 Å². The highest BCUT2D eigenvalue weighted by Crippen LogP contribution is 2.49. The number of phenolic OH excluding ortho intramolecular Hbond substituents is 1. The van der Waals surface area contributed by atoms with Crippen molar-refractivity contribution >= 4 is 16.9 Å². The predicted molar refractivity (Wildman–Crippen MR) is 107 cm³/mol. The number of hydrogen-bond acceptors (Lipinski definition) is 4. The minimum absolute atomic E-state index is 0.156. The molecule has 1 fully saturated rings. The highest BCUT2D eigenvalue weighted by molar-refractivity contribution is 6.01. The van der Waals surface area contributed by atoms with Crippen molar-refractivity contribution in [3.63, 3.8) is 0 Å². The first-order valence-electron chi connectivity index (χ1n) is 8.99. The van der Waals surface area contributed by atoms with Crippen molar-refractivity contribution in [2.75, 3.05) is 7.05 Å². The van der Waals surface area contributed by atoms with Crippen molar-refractivity contribution in [2.24, 2.45) is 10.9 Å². The van der Waals surface area contributed by atoms with E-state index in [-0.39, 0.29) is 11.2 Å². The van der Waals surface area contributed by atoms with Gasteiger partial charge >= 0.3 is 0 Å². The Morgan fingerprint density at radius 1 is 1.26 bits per heavy atom. The lowest BCUT2D eigenvalue weighted by Crippen LogP contribution is -2.44. The van der Waals surface area contributed by atoms with Crippen LogP contribution in [0.25, 0.3) is 11.0 Å². The van der Waals surface area contributed by atoms with Crippen LogP contribution in [0.3, 0.4) is 0 Å². The zero-order valence-electron chi connectivity index (χ0n) is 15.3. The number of H-pyrrole nitrogens is 1. The van der Waals surface area contributed by atoms with Crippen LogP contribution in [0.5, 0.6) is 5.75 Å². The first kappa shape index (κ1) is 17.1. The summed E-state index contributed by atoms with van der Waals surface area (Å²) < 4.78 is 0. The van der Waals surface area contributed by atoms with Crippen molar-refractivity contribution in [3.8, 4) is 5.75 Å². The number of rotatable bonds is 4. The van der Waals surface area contributed by atoms with Gasteiger partial charge < -0.3 is 20.8 Å². The molecule has 4 rings (SSSR count). The predicted octanol–water partition coefficient (Wildman–Crippen LogP) is 3.46. The number of benzene rings is 2. The summed E-state index contributed by atoms with van der Waals surface area (Å²) in [6.45, 7) is 4.40. The first-order valence-corrected chi connectivity index (χ1v) is 8.99. The number of amidine groups is 1. The summed E-state index contributed by atoms with van der Waals surface area (Å²) in [4.78, 5) is 9.35. The van der Waals surface area contributed by atoms with Gasteiger partial charge in [-0.1, -0.05) is 25.1 Å². The van der Waals surface area contributed by atoms with Crippen LogP contribution in [0.4, 0.5) is 0 Å². The van der Waals surface area contributed by atoms with Gasteiger partial charge in [-0.2, -0.15) is 5.10 Å². The minimum Gasteiger partial charge on any atom is -0.508 e. The Kier molecular flexibility index (Phi) is 4.11. The Labute approximate surface area is 158 Å². The highest BCUT2D eigenvalue weighted by Gasteiger charge is 2.43. The fourth-order valence-corrected chi connectivity index (χ4v) is 3.93. The van der Waals surface area contributed by atoms with Crippen LogP contribution in [-0.4, -0.2) is 32.9 Å². The molecule has 0 amide bonds. The fourth-order valence-electron chi connectivity index (χ4n) is 3.93. The molecule has 0 radical (unpaired) electrons. The van der Waals surface area contributed by atoms with Crippen LogP contribution in [0.2, 0.25) is 0 Å². The molecule has 1 aliphatic carbocycles. The molecule has 1 saturated carbocycles. The van der Waals surface area contributed by atoms with Gasteiger partial charge in [0.15, 0.2) is 5.84 Å². The average Bonchev–Trinajstić information content (AvgIpc) is 3.10. The highest BCUT2D eigenvalue weighted by atomic mass is 16.3. The number of fused-ring (bicyclic) bond motifs is 1. The van der Waals surface area contributed by atoms with Crippen LogP contribution in [0, 0.1) is 0 Å². The number of nitrogens with one attached hydrogen (secondary N) is 1. The van der Waals surface area contributed by atoms with E-state index in [1.807, 2.05) is 42.3 Å². The van der Waals surface area contributed by atoms with Gasteiger partial charge in [-0.15, -0.1) is 0 Å². The number of allylic oxidation sites excluding steroid dienone is 1. The van der Waals surface area contributed by atoms with E-state index in [2.05, 4.69) is 21.6 Å². The van der Waals surface area contributed by atoms with Gasteiger partial charge in [-0.3, -0.25) is 0 Å². The van der Waals surface area contributed by atoms with E-state index >= 15 is 0 Å². The number of aromatic amines is 1. The lowest BCUT2D eigenvalue weighted by Gasteiger charge is -2.47. The van der Waals surface area contributed by atoms with E-state index < -0.39 is 0 Å². The summed E-state index contributed by atoms with van der Waals surface area (Å²) >= 11 is 0. The monoisotopic (exact) mass is 361 g/mol. The van der Waals surface area contributed by atoms with Crippen LogP contribution in [0.15, 0.2) is 66.2 Å². The van der Waals surface area contributed by atoms with Crippen molar-refractivity contribution in [1.82, 2.24) is 14.9 Å². The minimum atomic E-state index is -0.156. The molecular weight excluding hydrogens is 338 g/mol. The molecule has 3 aromatic rings. The van der Waals surface area contributed by atoms with Crippen molar-refractivity contribution < 1.29 is 5.11 Å². The molecule has 0 bridgehead atoms. The van der Waals surface area contributed by atoms with E-state index in [1.165, 1.54) is 0 Å². The second-order valence-corrected chi connectivity index (χ2v) is 7.08. The maximum absolute atomic E-state index is 9.63. The van der Waals surface area contributed by atoms with Gasteiger partial charge in [0.25, 0.3) is 0 Å². The number of phenols is 1. The number of likely N-dealkylation sites (N-methyl/N-ethyl adjacent to an activating group) is 1. The molecule has 0 aliphatic heterocycles. The average molecular weight is 361 g/mol. The Balaban J connectivity index is 1.67. The van der Waals surface area contributed by atoms with E-state index in [0.717, 1.165) is 47.1 Å². The van der Waals surface area contributed by atoms with Crippen molar-refractivity contribution in [1.29, 1.82) is 0 Å². The summed E-state index contributed by atoms with van der Waals surface area (Å²) in [5.74, 6) is 6.69. The summed E-state index contributed by atoms with van der Waals surface area (Å²) in [7, 11) is 1.95. The number of hydrazone groups is 1. The zero-order chi connectivity index (χ0) is 19.0. The Hall–Kier alpha value is -3.28. The Morgan fingerprint density at radius 2 is 2.00 bits per heavy atom. The smallest absolute Gasteiger partial charge is 0.159 e. The molecule has 1 aromatic heterocycles. The molecule has 27 heavy (non-hydrogen) atoms. The SMILES string of the molecule is C=C(N(C)/C(=N\N)c1ccc2nc[nH]c2c1)C1(c2ccc(O)cc2)CCC1. The van der Waals surface area contributed by atoms with E-state index in [9.17, 15) is 5.11 Å². The van der Waals surface area contributed by atoms with Crippen LogP contribution >= 0.6 is 0 Å². The molecule has 0 unspecified atom stereocenters. The lowest BCUT2D eigenvalue weighted by atomic mass is 9.62. The van der Waals surface area contributed by atoms with Gasteiger partial charge in [0, 0.05) is 23.7 Å². The number of aromatic nitrogens is 2. The third-order valence-electron chi connectivity index (χ3n) is 5.70. The third kappa shape index (κ3) is 2.73.